The van der Waals surface area contributed by atoms with E-state index in [1.165, 1.54) is 0 Å². The monoisotopic (exact) mass is 329 g/mol. The van der Waals surface area contributed by atoms with Gasteiger partial charge in [-0.1, -0.05) is 26.0 Å². The van der Waals surface area contributed by atoms with Crippen molar-refractivity contribution in [2.45, 2.75) is 52.7 Å². The van der Waals surface area contributed by atoms with Gasteiger partial charge in [0.25, 0.3) is 5.91 Å². The zero-order valence-electron chi connectivity index (χ0n) is 15.0. The van der Waals surface area contributed by atoms with Gasteiger partial charge in [0, 0.05) is 25.5 Å². The summed E-state index contributed by atoms with van der Waals surface area (Å²) in [6.07, 6.45) is 5.79. The topological polar surface area (TPSA) is 56.1 Å². The first-order valence-corrected chi connectivity index (χ1v) is 8.48. The predicted molar refractivity (Wildman–Crippen MR) is 95.2 cm³/mol. The average Bonchev–Trinajstić information content (AvgIpc) is 3.04. The van der Waals surface area contributed by atoms with Gasteiger partial charge in [-0.05, 0) is 43.4 Å². The van der Waals surface area contributed by atoms with Gasteiger partial charge in [0.15, 0.2) is 6.10 Å². The molecule has 0 saturated carbocycles. The van der Waals surface area contributed by atoms with Crippen LogP contribution in [-0.4, -0.2) is 28.1 Å². The number of nitrogens with one attached hydrogen (secondary N) is 1. The molecule has 0 aliphatic rings. The van der Waals surface area contributed by atoms with Crippen molar-refractivity contribution in [3.63, 3.8) is 0 Å². The van der Waals surface area contributed by atoms with E-state index in [4.69, 9.17) is 4.74 Å². The smallest absolute Gasteiger partial charge is 0.260 e. The van der Waals surface area contributed by atoms with E-state index in [-0.39, 0.29) is 5.91 Å². The number of ether oxygens (including phenoxy) is 1. The lowest BCUT2D eigenvalue weighted by Crippen LogP contribution is -2.37. The molecule has 2 rings (SSSR count). The van der Waals surface area contributed by atoms with Crippen LogP contribution in [0.2, 0.25) is 0 Å². The summed E-state index contributed by atoms with van der Waals surface area (Å²) in [5, 5.41) is 2.93. The van der Waals surface area contributed by atoms with E-state index in [0.717, 1.165) is 29.8 Å². The van der Waals surface area contributed by atoms with Gasteiger partial charge in [0.2, 0.25) is 0 Å². The summed E-state index contributed by atoms with van der Waals surface area (Å²) >= 11 is 0. The number of aromatic nitrogens is 2. The molecule has 0 aliphatic carbocycles. The minimum absolute atomic E-state index is 0.0863. The number of imidazole rings is 1. The fourth-order valence-corrected chi connectivity index (χ4v) is 2.50. The lowest BCUT2D eigenvalue weighted by Gasteiger charge is -2.19. The van der Waals surface area contributed by atoms with Crippen molar-refractivity contribution >= 4 is 5.91 Å². The van der Waals surface area contributed by atoms with Gasteiger partial charge in [0.1, 0.15) is 5.75 Å². The maximum absolute atomic E-state index is 12.2. The lowest BCUT2D eigenvalue weighted by molar-refractivity contribution is -0.127. The molecule has 24 heavy (non-hydrogen) atoms. The van der Waals surface area contributed by atoms with Crippen LogP contribution in [-0.2, 0) is 11.3 Å². The molecular weight excluding hydrogens is 302 g/mol. The molecular formula is C19H27N3O2. The molecule has 0 saturated heterocycles. The number of rotatable bonds is 8. The Labute approximate surface area is 144 Å². The third-order valence-electron chi connectivity index (χ3n) is 3.92. The molecule has 5 nitrogen and oxygen atoms in total. The minimum Gasteiger partial charge on any atom is -0.481 e. The van der Waals surface area contributed by atoms with Crippen molar-refractivity contribution in [3.8, 4) is 5.75 Å². The normalized spacial score (nSPS) is 12.2. The maximum Gasteiger partial charge on any atom is 0.260 e. The first-order chi connectivity index (χ1) is 11.5. The van der Waals surface area contributed by atoms with Gasteiger partial charge in [0.05, 0.1) is 6.33 Å². The molecule has 0 bridgehead atoms. The second kappa shape index (κ2) is 8.52. The first-order valence-electron chi connectivity index (χ1n) is 8.48. The molecule has 1 heterocycles. The third-order valence-corrected chi connectivity index (χ3v) is 3.92. The number of hydrogen-bond acceptors (Lipinski definition) is 3. The Kier molecular flexibility index (Phi) is 6.41. The maximum atomic E-state index is 12.2. The highest BCUT2D eigenvalue weighted by atomic mass is 16.5. The Bertz CT molecular complexity index is 651. The molecule has 1 aromatic heterocycles. The number of aryl methyl sites for hydroxylation is 2. The molecule has 1 N–H and O–H groups in total. The van der Waals surface area contributed by atoms with E-state index in [1.807, 2.05) is 23.8 Å². The summed E-state index contributed by atoms with van der Waals surface area (Å²) in [6, 6.07) is 6.15. The Morgan fingerprint density at radius 1 is 1.33 bits per heavy atom. The second-order valence-electron chi connectivity index (χ2n) is 6.40. The van der Waals surface area contributed by atoms with Crippen molar-refractivity contribution in [3.05, 3.63) is 48.0 Å². The first kappa shape index (κ1) is 18.0. The molecule has 130 valence electrons. The number of hydrogen-bond donors (Lipinski definition) is 1. The van der Waals surface area contributed by atoms with Gasteiger partial charge in [-0.25, -0.2) is 4.98 Å². The molecule has 0 spiro atoms. The van der Waals surface area contributed by atoms with Gasteiger partial charge in [-0.3, -0.25) is 4.79 Å². The largest absolute Gasteiger partial charge is 0.481 e. The van der Waals surface area contributed by atoms with Crippen molar-refractivity contribution in [2.24, 2.45) is 0 Å². The molecule has 0 fully saturated rings. The summed E-state index contributed by atoms with van der Waals surface area (Å²) in [5.41, 5.74) is 2.25. The second-order valence-corrected chi connectivity index (χ2v) is 6.40. The number of carbonyl (C=O) groups excluding carboxylic acids is 1. The number of carbonyl (C=O) groups is 1. The van der Waals surface area contributed by atoms with Gasteiger partial charge < -0.3 is 14.6 Å². The molecule has 1 amide bonds. The molecule has 2 aromatic rings. The Balaban J connectivity index is 1.84. The molecule has 5 heteroatoms. The third kappa shape index (κ3) is 5.11. The summed E-state index contributed by atoms with van der Waals surface area (Å²) in [5.74, 6) is 1.06. The summed E-state index contributed by atoms with van der Waals surface area (Å²) < 4.78 is 7.92. The summed E-state index contributed by atoms with van der Waals surface area (Å²) in [6.45, 7) is 9.52. The van der Waals surface area contributed by atoms with Crippen LogP contribution >= 0.6 is 0 Å². The van der Waals surface area contributed by atoms with Gasteiger partial charge >= 0.3 is 0 Å². The van der Waals surface area contributed by atoms with Crippen LogP contribution in [0, 0.1) is 6.92 Å². The van der Waals surface area contributed by atoms with E-state index >= 15 is 0 Å². The van der Waals surface area contributed by atoms with Crippen LogP contribution in [0.15, 0.2) is 36.9 Å². The zero-order valence-corrected chi connectivity index (χ0v) is 15.0. The Morgan fingerprint density at radius 3 is 2.79 bits per heavy atom. The van der Waals surface area contributed by atoms with Crippen LogP contribution in [0.5, 0.6) is 5.75 Å². The average molecular weight is 329 g/mol. The van der Waals surface area contributed by atoms with E-state index in [1.54, 1.807) is 19.4 Å². The lowest BCUT2D eigenvalue weighted by atomic mass is 10.0. The molecule has 0 aliphatic heterocycles. The van der Waals surface area contributed by atoms with E-state index in [2.05, 4.69) is 36.3 Å². The summed E-state index contributed by atoms with van der Waals surface area (Å²) in [4.78, 5) is 16.2. The molecule has 1 aromatic carbocycles. The van der Waals surface area contributed by atoms with Crippen LogP contribution in [0.4, 0.5) is 0 Å². The van der Waals surface area contributed by atoms with Crippen LogP contribution in [0.25, 0.3) is 0 Å². The Morgan fingerprint density at radius 2 is 2.12 bits per heavy atom. The number of amides is 1. The standard InChI is InChI=1S/C19H27N3O2/c1-14(2)17-7-6-15(3)12-18(17)24-16(4)19(23)21-8-5-10-22-11-9-20-13-22/h6-7,9,11-14,16H,5,8,10H2,1-4H3,(H,21,23)/t16-/m1/s1. The van der Waals surface area contributed by atoms with Crippen LogP contribution in [0.1, 0.15) is 44.2 Å². The van der Waals surface area contributed by atoms with Crippen molar-refractivity contribution in [1.82, 2.24) is 14.9 Å². The van der Waals surface area contributed by atoms with E-state index < -0.39 is 6.10 Å². The van der Waals surface area contributed by atoms with Gasteiger partial charge in [-0.2, -0.15) is 0 Å². The SMILES string of the molecule is Cc1ccc(C(C)C)c(O[C@H](C)C(=O)NCCCn2ccnc2)c1. The van der Waals surface area contributed by atoms with E-state index in [0.29, 0.717) is 12.5 Å². The highest BCUT2D eigenvalue weighted by molar-refractivity contribution is 5.80. The molecule has 0 radical (unpaired) electrons. The Hall–Kier alpha value is -2.30. The summed E-state index contributed by atoms with van der Waals surface area (Å²) in [7, 11) is 0. The van der Waals surface area contributed by atoms with E-state index in [9.17, 15) is 4.79 Å². The fourth-order valence-electron chi connectivity index (χ4n) is 2.50. The molecule has 0 unspecified atom stereocenters. The number of benzene rings is 1. The highest BCUT2D eigenvalue weighted by Crippen LogP contribution is 2.28. The predicted octanol–water partition coefficient (Wildman–Crippen LogP) is 3.29. The fraction of sp³-hybridized carbons (Fsp3) is 0.474. The minimum atomic E-state index is -0.516. The van der Waals surface area contributed by atoms with Gasteiger partial charge in [-0.15, -0.1) is 0 Å². The molecule has 1 atom stereocenters. The quantitative estimate of drug-likeness (QED) is 0.756. The highest BCUT2D eigenvalue weighted by Gasteiger charge is 2.17. The number of nitrogens with zero attached hydrogens (tertiary/aromatic N) is 2. The van der Waals surface area contributed by atoms with Crippen LogP contribution < -0.4 is 10.1 Å². The van der Waals surface area contributed by atoms with Crippen molar-refractivity contribution in [2.75, 3.05) is 6.54 Å². The van der Waals surface area contributed by atoms with Crippen molar-refractivity contribution in [1.29, 1.82) is 0 Å². The van der Waals surface area contributed by atoms with Crippen molar-refractivity contribution < 1.29 is 9.53 Å². The van der Waals surface area contributed by atoms with Crippen LogP contribution in [0.3, 0.4) is 0 Å². The zero-order chi connectivity index (χ0) is 17.5.